The average Bonchev–Trinajstić information content (AvgIpc) is 3.68. The third kappa shape index (κ3) is 9.28. The van der Waals surface area contributed by atoms with Gasteiger partial charge in [-0.05, 0) is 75.3 Å². The lowest BCUT2D eigenvalue weighted by atomic mass is 9.95. The number of nitrogens with zero attached hydrogens (tertiary/aromatic N) is 2. The van der Waals surface area contributed by atoms with Crippen molar-refractivity contribution in [2.75, 3.05) is 20.2 Å². The third-order valence-electron chi connectivity index (χ3n) is 8.73. The summed E-state index contributed by atoms with van der Waals surface area (Å²) in [6.45, 7) is 12.1. The Hall–Kier alpha value is -3.47. The molecule has 3 rings (SSSR count). The Morgan fingerprint density at radius 2 is 1.42 bits per heavy atom. The summed E-state index contributed by atoms with van der Waals surface area (Å²) >= 11 is 0. The highest BCUT2D eigenvalue weighted by Gasteiger charge is 2.41. The van der Waals surface area contributed by atoms with Crippen LogP contribution in [0.5, 0.6) is 0 Å². The van der Waals surface area contributed by atoms with Crippen molar-refractivity contribution in [2.45, 2.75) is 116 Å². The Morgan fingerprint density at radius 3 is 1.96 bits per heavy atom. The number of hydrogen-bond donors (Lipinski definition) is 3. The minimum atomic E-state index is -1.31. The summed E-state index contributed by atoms with van der Waals surface area (Å²) in [4.78, 5) is 69.3. The summed E-state index contributed by atoms with van der Waals surface area (Å²) < 4.78 is 4.83. The maximum absolute atomic E-state index is 13.6. The second kappa shape index (κ2) is 16.2. The summed E-state index contributed by atoms with van der Waals surface area (Å²) in [6.07, 6.45) is 2.17. The van der Waals surface area contributed by atoms with Crippen molar-refractivity contribution in [2.24, 2.45) is 11.8 Å². The van der Waals surface area contributed by atoms with Gasteiger partial charge in [0.05, 0.1) is 19.1 Å². The van der Waals surface area contributed by atoms with E-state index in [0.717, 1.165) is 12.0 Å². The first-order valence-electron chi connectivity index (χ1n) is 16.3. The Bertz CT molecular complexity index is 1200. The van der Waals surface area contributed by atoms with Crippen LogP contribution in [0.4, 0.5) is 0 Å². The van der Waals surface area contributed by atoms with Crippen molar-refractivity contribution in [1.82, 2.24) is 20.4 Å². The Labute approximate surface area is 267 Å². The van der Waals surface area contributed by atoms with Gasteiger partial charge in [-0.1, -0.05) is 52.0 Å². The van der Waals surface area contributed by atoms with E-state index in [0.29, 0.717) is 44.7 Å². The molecule has 0 bridgehead atoms. The largest absolute Gasteiger partial charge is 0.467 e. The third-order valence-corrected chi connectivity index (χ3v) is 8.73. The van der Waals surface area contributed by atoms with Crippen LogP contribution in [-0.2, 0) is 35.1 Å². The molecular formula is C34H52N4O7. The fourth-order valence-corrected chi connectivity index (χ4v) is 6.31. The topological polar surface area (TPSA) is 145 Å². The number of carbonyl (C=O) groups is 5. The van der Waals surface area contributed by atoms with E-state index < -0.39 is 59.9 Å². The molecule has 2 aliphatic rings. The molecule has 2 heterocycles. The van der Waals surface area contributed by atoms with Gasteiger partial charge in [-0.3, -0.25) is 19.2 Å². The minimum absolute atomic E-state index is 0.0176. The van der Waals surface area contributed by atoms with Gasteiger partial charge < -0.3 is 30.3 Å². The van der Waals surface area contributed by atoms with E-state index >= 15 is 0 Å². The van der Waals surface area contributed by atoms with Crippen molar-refractivity contribution in [3.63, 3.8) is 0 Å². The molecule has 1 aromatic rings. The molecule has 11 heteroatoms. The molecule has 45 heavy (non-hydrogen) atoms. The van der Waals surface area contributed by atoms with E-state index in [-0.39, 0.29) is 18.2 Å². The zero-order valence-electron chi connectivity index (χ0n) is 27.9. The molecule has 2 saturated heterocycles. The van der Waals surface area contributed by atoms with E-state index in [1.165, 1.54) is 24.5 Å². The highest BCUT2D eigenvalue weighted by Crippen LogP contribution is 2.26. The highest BCUT2D eigenvalue weighted by atomic mass is 16.5. The Morgan fingerprint density at radius 1 is 0.844 bits per heavy atom. The summed E-state index contributed by atoms with van der Waals surface area (Å²) in [6, 6.07) is 4.24. The molecule has 2 aliphatic heterocycles. The molecule has 0 saturated carbocycles. The summed E-state index contributed by atoms with van der Waals surface area (Å²) in [5.74, 6) is -2.19. The van der Waals surface area contributed by atoms with E-state index in [4.69, 9.17) is 4.74 Å². The van der Waals surface area contributed by atoms with Gasteiger partial charge in [0.25, 0.3) is 0 Å². The number of methoxy groups -OCH3 is 1. The number of hydrogen-bond acceptors (Lipinski definition) is 7. The van der Waals surface area contributed by atoms with Gasteiger partial charge in [-0.2, -0.15) is 0 Å². The fourth-order valence-electron chi connectivity index (χ4n) is 6.31. The quantitative estimate of drug-likeness (QED) is 0.285. The van der Waals surface area contributed by atoms with Crippen molar-refractivity contribution < 1.29 is 33.8 Å². The first-order chi connectivity index (χ1) is 21.2. The summed E-state index contributed by atoms with van der Waals surface area (Å²) in [7, 11) is 1.25. The van der Waals surface area contributed by atoms with Crippen molar-refractivity contribution in [3.05, 3.63) is 35.4 Å². The van der Waals surface area contributed by atoms with Crippen LogP contribution in [0.3, 0.4) is 0 Å². The second-order valence-electron chi connectivity index (χ2n) is 13.4. The average molecular weight is 629 g/mol. The number of nitrogens with one attached hydrogen (secondary N) is 2. The first kappa shape index (κ1) is 36.0. The lowest BCUT2D eigenvalue weighted by Crippen LogP contribution is -2.60. The fraction of sp³-hybridized carbons (Fsp3) is 0.676. The molecule has 1 aromatic carbocycles. The number of esters is 1. The highest BCUT2D eigenvalue weighted by molar-refractivity contribution is 5.96. The molecule has 4 amide bonds. The van der Waals surface area contributed by atoms with Gasteiger partial charge in [0.2, 0.25) is 23.6 Å². The van der Waals surface area contributed by atoms with Crippen LogP contribution in [0.15, 0.2) is 24.3 Å². The lowest BCUT2D eigenvalue weighted by molar-refractivity contribution is -0.153. The monoisotopic (exact) mass is 628 g/mol. The maximum atomic E-state index is 13.6. The van der Waals surface area contributed by atoms with Crippen LogP contribution < -0.4 is 10.6 Å². The molecule has 250 valence electrons. The van der Waals surface area contributed by atoms with Gasteiger partial charge >= 0.3 is 5.97 Å². The number of amides is 4. The number of carbonyl (C=O) groups excluding carboxylic acids is 5. The smallest absolute Gasteiger partial charge is 0.328 e. The molecule has 3 N–H and O–H groups in total. The molecule has 0 spiro atoms. The van der Waals surface area contributed by atoms with E-state index in [9.17, 15) is 29.1 Å². The van der Waals surface area contributed by atoms with Gasteiger partial charge in [0.15, 0.2) is 0 Å². The maximum Gasteiger partial charge on any atom is 0.328 e. The van der Waals surface area contributed by atoms with Crippen LogP contribution in [0.2, 0.25) is 0 Å². The van der Waals surface area contributed by atoms with Crippen LogP contribution in [-0.4, -0.2) is 95.0 Å². The molecule has 0 aromatic heterocycles. The van der Waals surface area contributed by atoms with E-state index in [2.05, 4.69) is 24.5 Å². The van der Waals surface area contributed by atoms with Crippen LogP contribution >= 0.6 is 0 Å². The number of rotatable bonds is 13. The molecule has 0 radical (unpaired) electrons. The zero-order valence-corrected chi connectivity index (χ0v) is 27.9. The zero-order chi connectivity index (χ0) is 33.4. The molecule has 6 atom stereocenters. The van der Waals surface area contributed by atoms with Gasteiger partial charge in [0.1, 0.15) is 24.2 Å². The normalized spacial score (nSPS) is 20.9. The van der Waals surface area contributed by atoms with Crippen molar-refractivity contribution in [1.29, 1.82) is 0 Å². The van der Waals surface area contributed by atoms with Crippen LogP contribution in [0.25, 0.3) is 0 Å². The molecule has 1 unspecified atom stereocenters. The molecule has 2 fully saturated rings. The first-order valence-corrected chi connectivity index (χ1v) is 16.3. The lowest BCUT2D eigenvalue weighted by Gasteiger charge is -2.31. The Balaban J connectivity index is 1.71. The Kier molecular flexibility index (Phi) is 13.0. The number of benzene rings is 1. The van der Waals surface area contributed by atoms with Gasteiger partial charge in [-0.25, -0.2) is 4.79 Å². The van der Waals surface area contributed by atoms with Crippen molar-refractivity contribution in [3.8, 4) is 0 Å². The summed E-state index contributed by atoms with van der Waals surface area (Å²) in [5, 5.41) is 16.0. The number of aliphatic hydroxyl groups is 1. The van der Waals surface area contributed by atoms with Crippen LogP contribution in [0, 0.1) is 11.8 Å². The predicted octanol–water partition coefficient (Wildman–Crippen LogP) is 2.54. The molecule has 0 aliphatic carbocycles. The van der Waals surface area contributed by atoms with Gasteiger partial charge in [0, 0.05) is 13.1 Å². The predicted molar refractivity (Wildman–Crippen MR) is 170 cm³/mol. The second-order valence-corrected chi connectivity index (χ2v) is 13.4. The van der Waals surface area contributed by atoms with E-state index in [1.807, 2.05) is 45.0 Å². The van der Waals surface area contributed by atoms with Crippen LogP contribution in [0.1, 0.15) is 90.7 Å². The number of likely N-dealkylation sites (tertiary alicyclic amines) is 2. The standard InChI is InChI=1S/C34H52N4O7/c1-20(2)18-24-12-14-25(15-13-24)22(5)32(42)37-16-8-10-27(37)31(41)35-26(19-21(3)4)30(40)36-29(23(6)39)33(43)38-17-9-11-28(38)34(44)45-7/h12-15,20-23,26-29,39H,8-11,16-19H2,1-7H3,(H,35,41)(H,36,40)/t22?,23-,26+,27+,28+,29+/m1/s1. The van der Waals surface area contributed by atoms with Gasteiger partial charge in [-0.15, -0.1) is 0 Å². The molecular weight excluding hydrogens is 576 g/mol. The summed E-state index contributed by atoms with van der Waals surface area (Å²) in [5.41, 5.74) is 2.10. The number of aliphatic hydroxyl groups excluding tert-OH is 1. The van der Waals surface area contributed by atoms with E-state index in [1.54, 1.807) is 4.90 Å². The molecule has 11 nitrogen and oxygen atoms in total. The number of ether oxygens (including phenoxy) is 1. The minimum Gasteiger partial charge on any atom is -0.467 e. The SMILES string of the molecule is COC(=O)[C@@H]1CCCN1C(=O)[C@@H](NC(=O)[C@H](CC(C)C)NC(=O)[C@@H]1CCCN1C(=O)C(C)c1ccc(CC(C)C)cc1)[C@@H](C)O. The van der Waals surface area contributed by atoms with Crippen molar-refractivity contribution >= 4 is 29.6 Å².